The van der Waals surface area contributed by atoms with Gasteiger partial charge in [-0.05, 0) is 18.4 Å². The first-order chi connectivity index (χ1) is 4.93. The summed E-state index contributed by atoms with van der Waals surface area (Å²) in [5.41, 5.74) is 0. The highest BCUT2D eigenvalue weighted by atomic mass is 32.2. The first-order valence-electron chi connectivity index (χ1n) is 3.17. The molecule has 4 heteroatoms. The van der Waals surface area contributed by atoms with Crippen LogP contribution in [0.25, 0.3) is 0 Å². The summed E-state index contributed by atoms with van der Waals surface area (Å²) in [4.78, 5) is 3.90. The zero-order valence-corrected chi connectivity index (χ0v) is 6.73. The normalized spacial score (nSPS) is 10.1. The van der Waals surface area contributed by atoms with Crippen LogP contribution in [-0.4, -0.2) is 22.1 Å². The fraction of sp³-hybridized carbons (Fsp3) is 0.667. The minimum absolute atomic E-state index is 0.814. The Balaban J connectivity index is 2.15. The summed E-state index contributed by atoms with van der Waals surface area (Å²) >= 11 is 1.84. The smallest absolute Gasteiger partial charge is 0.213 e. The maximum absolute atomic E-state index is 4.58. The average molecular weight is 158 g/mol. The minimum Gasteiger partial charge on any atom is -0.343 e. The van der Waals surface area contributed by atoms with Gasteiger partial charge >= 0.3 is 0 Å². The molecule has 1 rings (SSSR count). The van der Waals surface area contributed by atoms with Crippen LogP contribution in [0.15, 0.2) is 10.9 Å². The zero-order valence-electron chi connectivity index (χ0n) is 5.91. The second-order valence-corrected chi connectivity index (χ2v) is 2.93. The number of aromatic nitrogens is 2. The van der Waals surface area contributed by atoms with Crippen molar-refractivity contribution in [1.29, 1.82) is 0 Å². The van der Waals surface area contributed by atoms with Gasteiger partial charge in [-0.3, -0.25) is 0 Å². The van der Waals surface area contributed by atoms with E-state index in [-0.39, 0.29) is 0 Å². The van der Waals surface area contributed by atoms with E-state index in [1.54, 1.807) is 0 Å². The van der Waals surface area contributed by atoms with E-state index in [0.29, 0.717) is 0 Å². The molecule has 0 atom stereocenters. The number of nitrogens with zero attached hydrogens (tertiary/aromatic N) is 2. The van der Waals surface area contributed by atoms with E-state index in [4.69, 9.17) is 0 Å². The van der Waals surface area contributed by atoms with Gasteiger partial charge in [-0.2, -0.15) is 16.7 Å². The topological polar surface area (TPSA) is 38.9 Å². The SMILES string of the molecule is CSCCCc1ncon1. The van der Waals surface area contributed by atoms with Crippen LogP contribution in [0.2, 0.25) is 0 Å². The highest BCUT2D eigenvalue weighted by Gasteiger charge is 1.95. The zero-order chi connectivity index (χ0) is 7.23. The Morgan fingerprint density at radius 1 is 1.70 bits per heavy atom. The summed E-state index contributed by atoms with van der Waals surface area (Å²) in [6.07, 6.45) is 5.52. The molecule has 0 aliphatic rings. The van der Waals surface area contributed by atoms with E-state index >= 15 is 0 Å². The van der Waals surface area contributed by atoms with Crippen LogP contribution in [0.3, 0.4) is 0 Å². The van der Waals surface area contributed by atoms with Crippen LogP contribution in [0.1, 0.15) is 12.2 Å². The molecule has 0 spiro atoms. The summed E-state index contributed by atoms with van der Waals surface area (Å²) < 4.78 is 4.58. The lowest BCUT2D eigenvalue weighted by atomic mass is 10.3. The number of rotatable bonds is 4. The van der Waals surface area contributed by atoms with Crippen molar-refractivity contribution in [2.24, 2.45) is 0 Å². The molecule has 56 valence electrons. The van der Waals surface area contributed by atoms with E-state index in [1.165, 1.54) is 6.39 Å². The minimum atomic E-state index is 0.814. The van der Waals surface area contributed by atoms with Crippen molar-refractivity contribution in [2.45, 2.75) is 12.8 Å². The molecule has 0 saturated heterocycles. The molecule has 1 heterocycles. The van der Waals surface area contributed by atoms with Crippen LogP contribution < -0.4 is 0 Å². The Morgan fingerprint density at radius 3 is 3.20 bits per heavy atom. The highest BCUT2D eigenvalue weighted by molar-refractivity contribution is 7.98. The third-order valence-electron chi connectivity index (χ3n) is 1.16. The fourth-order valence-corrected chi connectivity index (χ4v) is 1.11. The molecular formula is C6H10N2OS. The van der Waals surface area contributed by atoms with Gasteiger partial charge in [0, 0.05) is 6.42 Å². The van der Waals surface area contributed by atoms with Crippen LogP contribution in [0.5, 0.6) is 0 Å². The molecule has 0 fully saturated rings. The number of thioether (sulfide) groups is 1. The predicted molar refractivity (Wildman–Crippen MR) is 41.0 cm³/mol. The van der Waals surface area contributed by atoms with Gasteiger partial charge < -0.3 is 4.52 Å². The lowest BCUT2D eigenvalue weighted by molar-refractivity contribution is 0.409. The van der Waals surface area contributed by atoms with Crippen molar-refractivity contribution in [3.63, 3.8) is 0 Å². The summed E-state index contributed by atoms with van der Waals surface area (Å²) in [7, 11) is 0. The lowest BCUT2D eigenvalue weighted by Gasteiger charge is -1.90. The van der Waals surface area contributed by atoms with E-state index in [9.17, 15) is 0 Å². The van der Waals surface area contributed by atoms with E-state index in [2.05, 4.69) is 20.9 Å². The summed E-state index contributed by atoms with van der Waals surface area (Å²) in [6.45, 7) is 0. The van der Waals surface area contributed by atoms with Crippen molar-refractivity contribution in [1.82, 2.24) is 10.1 Å². The monoisotopic (exact) mass is 158 g/mol. The fourth-order valence-electron chi connectivity index (χ4n) is 0.677. The Morgan fingerprint density at radius 2 is 2.60 bits per heavy atom. The molecule has 0 aromatic carbocycles. The quantitative estimate of drug-likeness (QED) is 0.620. The van der Waals surface area contributed by atoms with Gasteiger partial charge in [-0.25, -0.2) is 0 Å². The van der Waals surface area contributed by atoms with Crippen LogP contribution in [-0.2, 0) is 6.42 Å². The molecule has 1 aromatic rings. The molecule has 3 nitrogen and oxygen atoms in total. The maximum Gasteiger partial charge on any atom is 0.213 e. The molecule has 0 amide bonds. The third kappa shape index (κ3) is 2.39. The van der Waals surface area contributed by atoms with Gasteiger partial charge in [-0.15, -0.1) is 0 Å². The van der Waals surface area contributed by atoms with Crippen LogP contribution in [0.4, 0.5) is 0 Å². The van der Waals surface area contributed by atoms with Gasteiger partial charge in [0.2, 0.25) is 6.39 Å². The highest BCUT2D eigenvalue weighted by Crippen LogP contribution is 2.00. The predicted octanol–water partition coefficient (Wildman–Crippen LogP) is 1.37. The largest absolute Gasteiger partial charge is 0.343 e. The molecule has 0 saturated carbocycles. The molecule has 0 aliphatic heterocycles. The van der Waals surface area contributed by atoms with E-state index in [0.717, 1.165) is 24.4 Å². The molecule has 10 heavy (non-hydrogen) atoms. The average Bonchev–Trinajstić information content (AvgIpc) is 2.41. The van der Waals surface area contributed by atoms with Crippen molar-refractivity contribution >= 4 is 11.8 Å². The number of hydrogen-bond donors (Lipinski definition) is 0. The first-order valence-corrected chi connectivity index (χ1v) is 4.57. The third-order valence-corrected chi connectivity index (χ3v) is 1.85. The molecule has 0 bridgehead atoms. The van der Waals surface area contributed by atoms with E-state index in [1.807, 2.05) is 11.8 Å². The molecular weight excluding hydrogens is 148 g/mol. The first kappa shape index (κ1) is 7.60. The summed E-state index contributed by atoms with van der Waals surface area (Å²) in [5, 5.41) is 3.69. The number of hydrogen-bond acceptors (Lipinski definition) is 4. The van der Waals surface area contributed by atoms with Crippen molar-refractivity contribution < 1.29 is 4.52 Å². The lowest BCUT2D eigenvalue weighted by Crippen LogP contribution is -1.88. The van der Waals surface area contributed by atoms with Gasteiger partial charge in [0.1, 0.15) is 0 Å². The molecule has 0 radical (unpaired) electrons. The van der Waals surface area contributed by atoms with Crippen LogP contribution in [0, 0.1) is 0 Å². The Labute approximate surface area is 64.2 Å². The molecule has 1 aromatic heterocycles. The van der Waals surface area contributed by atoms with Crippen molar-refractivity contribution in [3.05, 3.63) is 12.2 Å². The Bertz CT molecular complexity index is 164. The second kappa shape index (κ2) is 4.33. The maximum atomic E-state index is 4.58. The summed E-state index contributed by atoms with van der Waals surface area (Å²) in [5.74, 6) is 1.98. The standard InChI is InChI=1S/C6H10N2OS/c1-10-4-2-3-6-7-5-9-8-6/h5H,2-4H2,1H3. The molecule has 0 N–H and O–H groups in total. The molecule has 0 unspecified atom stereocenters. The number of aryl methyl sites for hydroxylation is 1. The van der Waals surface area contributed by atoms with Gasteiger partial charge in [0.25, 0.3) is 0 Å². The molecule has 0 aliphatic carbocycles. The van der Waals surface area contributed by atoms with Gasteiger partial charge in [-0.1, -0.05) is 5.16 Å². The van der Waals surface area contributed by atoms with Crippen molar-refractivity contribution in [3.8, 4) is 0 Å². The second-order valence-electron chi connectivity index (χ2n) is 1.94. The van der Waals surface area contributed by atoms with E-state index < -0.39 is 0 Å². The van der Waals surface area contributed by atoms with Crippen LogP contribution >= 0.6 is 11.8 Å². The van der Waals surface area contributed by atoms with Gasteiger partial charge in [0.15, 0.2) is 5.82 Å². The van der Waals surface area contributed by atoms with Gasteiger partial charge in [0.05, 0.1) is 0 Å². The Kier molecular flexibility index (Phi) is 3.29. The summed E-state index contributed by atoms with van der Waals surface area (Å²) in [6, 6.07) is 0. The van der Waals surface area contributed by atoms with Crippen molar-refractivity contribution in [2.75, 3.05) is 12.0 Å². The Hall–Kier alpha value is -0.510.